The Hall–Kier alpha value is -0.610. The van der Waals surface area contributed by atoms with Gasteiger partial charge in [0.1, 0.15) is 0 Å². The van der Waals surface area contributed by atoms with Crippen LogP contribution >= 0.6 is 0 Å². The van der Waals surface area contributed by atoms with Crippen molar-refractivity contribution < 1.29 is 4.94 Å². The molecular weight excluding hydrogens is 178 g/mol. The Morgan fingerprint density at radius 2 is 2.21 bits per heavy atom. The number of fused-ring (bicyclic) bond motifs is 1. The fourth-order valence-corrected chi connectivity index (χ4v) is 2.05. The molecule has 1 unspecified atom stereocenters. The van der Waals surface area contributed by atoms with Crippen LogP contribution in [0.25, 0.3) is 0 Å². The maximum Gasteiger partial charge on any atom is 0.0996 e. The molecule has 0 N–H and O–H groups in total. The minimum absolute atomic E-state index is 0.367. The lowest BCUT2D eigenvalue weighted by atomic mass is 9.95. The van der Waals surface area contributed by atoms with Gasteiger partial charge in [0.05, 0.1) is 18.8 Å². The van der Waals surface area contributed by atoms with Gasteiger partial charge in [0.25, 0.3) is 0 Å². The van der Waals surface area contributed by atoms with E-state index in [9.17, 15) is 0 Å². The van der Waals surface area contributed by atoms with E-state index in [1.54, 1.807) is 0 Å². The van der Waals surface area contributed by atoms with Gasteiger partial charge in [0, 0.05) is 19.6 Å². The highest BCUT2D eigenvalue weighted by molar-refractivity contribution is 5.65. The van der Waals surface area contributed by atoms with Crippen LogP contribution in [0.1, 0.15) is 20.8 Å². The van der Waals surface area contributed by atoms with E-state index in [0.29, 0.717) is 11.5 Å². The predicted octanol–water partition coefficient (Wildman–Crippen LogP) is 0.950. The summed E-state index contributed by atoms with van der Waals surface area (Å²) in [4.78, 5) is 7.60. The second-order valence-corrected chi connectivity index (χ2v) is 5.34. The van der Waals surface area contributed by atoms with Gasteiger partial charge in [-0.2, -0.15) is 0 Å². The van der Waals surface area contributed by atoms with Crippen molar-refractivity contribution in [1.82, 2.24) is 9.96 Å². The molecule has 0 aliphatic carbocycles. The molecule has 80 valence electrons. The van der Waals surface area contributed by atoms with Crippen molar-refractivity contribution in [2.75, 3.05) is 26.2 Å². The van der Waals surface area contributed by atoms with Crippen molar-refractivity contribution in [1.29, 1.82) is 0 Å². The number of piperazine rings is 1. The first-order chi connectivity index (χ1) is 6.54. The van der Waals surface area contributed by atoms with E-state index in [2.05, 4.69) is 30.8 Å². The van der Waals surface area contributed by atoms with Gasteiger partial charge in [-0.1, -0.05) is 25.9 Å². The quantitative estimate of drug-likeness (QED) is 0.626. The summed E-state index contributed by atoms with van der Waals surface area (Å²) >= 11 is 0. The number of hydrogen-bond acceptors (Lipinski definition) is 4. The largest absolute Gasteiger partial charge is 0.299 e. The van der Waals surface area contributed by atoms with Crippen molar-refractivity contribution in [3.05, 3.63) is 0 Å². The molecule has 4 heteroatoms. The number of nitrogens with zero attached hydrogens (tertiary/aromatic N) is 3. The summed E-state index contributed by atoms with van der Waals surface area (Å²) in [6.45, 7) is 11.1. The van der Waals surface area contributed by atoms with Gasteiger partial charge in [-0.25, -0.2) is 0 Å². The van der Waals surface area contributed by atoms with Gasteiger partial charge >= 0.3 is 0 Å². The van der Waals surface area contributed by atoms with E-state index >= 15 is 0 Å². The molecule has 0 amide bonds. The highest BCUT2D eigenvalue weighted by Gasteiger charge is 2.32. The molecule has 2 aliphatic rings. The number of hydroxylamine groups is 2. The third kappa shape index (κ3) is 2.25. The number of hydrogen-bond donors (Lipinski definition) is 0. The molecule has 0 aromatic heterocycles. The zero-order chi connectivity index (χ0) is 10.2. The lowest BCUT2D eigenvalue weighted by Crippen LogP contribution is -2.52. The first-order valence-electron chi connectivity index (χ1n) is 5.24. The van der Waals surface area contributed by atoms with Crippen molar-refractivity contribution in [2.24, 2.45) is 10.6 Å². The van der Waals surface area contributed by atoms with Crippen molar-refractivity contribution in [3.63, 3.8) is 0 Å². The van der Waals surface area contributed by atoms with Crippen LogP contribution in [0.5, 0.6) is 0 Å². The summed E-state index contributed by atoms with van der Waals surface area (Å²) in [7, 11) is 0. The third-order valence-electron chi connectivity index (χ3n) is 2.53. The van der Waals surface area contributed by atoms with E-state index in [-0.39, 0.29) is 0 Å². The summed E-state index contributed by atoms with van der Waals surface area (Å²) in [5.74, 6) is 0. The predicted molar refractivity (Wildman–Crippen MR) is 56.0 cm³/mol. The van der Waals surface area contributed by atoms with Gasteiger partial charge in [0.2, 0.25) is 0 Å². The number of oxime groups is 1. The molecule has 2 aliphatic heterocycles. The molecule has 0 bridgehead atoms. The lowest BCUT2D eigenvalue weighted by molar-refractivity contribution is -0.173. The summed E-state index contributed by atoms with van der Waals surface area (Å²) in [6.07, 6.45) is 1.90. The third-order valence-corrected chi connectivity index (χ3v) is 2.53. The van der Waals surface area contributed by atoms with Crippen LogP contribution in [-0.4, -0.2) is 48.4 Å². The van der Waals surface area contributed by atoms with Gasteiger partial charge < -0.3 is 0 Å². The molecule has 1 saturated heterocycles. The molecule has 0 saturated carbocycles. The molecule has 2 heterocycles. The van der Waals surface area contributed by atoms with Crippen LogP contribution in [0.2, 0.25) is 0 Å². The minimum atomic E-state index is 0.367. The average Bonchev–Trinajstić information content (AvgIpc) is 2.47. The van der Waals surface area contributed by atoms with Gasteiger partial charge in [-0.15, -0.1) is 5.06 Å². The molecule has 4 nitrogen and oxygen atoms in total. The van der Waals surface area contributed by atoms with Crippen molar-refractivity contribution in [2.45, 2.75) is 26.8 Å². The molecule has 1 fully saturated rings. The fourth-order valence-electron chi connectivity index (χ4n) is 2.05. The highest BCUT2D eigenvalue weighted by Crippen LogP contribution is 2.19. The Labute approximate surface area is 85.4 Å². The van der Waals surface area contributed by atoms with E-state index in [4.69, 9.17) is 4.94 Å². The van der Waals surface area contributed by atoms with Crippen LogP contribution < -0.4 is 0 Å². The van der Waals surface area contributed by atoms with Crippen molar-refractivity contribution in [3.8, 4) is 0 Å². The molecule has 14 heavy (non-hydrogen) atoms. The molecule has 0 aromatic rings. The summed E-state index contributed by atoms with van der Waals surface area (Å²) in [6, 6.07) is 0.367. The summed E-state index contributed by atoms with van der Waals surface area (Å²) in [5, 5.41) is 5.79. The first-order valence-corrected chi connectivity index (χ1v) is 5.24. The van der Waals surface area contributed by atoms with E-state index < -0.39 is 0 Å². The maximum atomic E-state index is 5.11. The normalized spacial score (nSPS) is 28.9. The zero-order valence-corrected chi connectivity index (χ0v) is 9.23. The van der Waals surface area contributed by atoms with E-state index in [1.807, 2.05) is 11.3 Å². The molecule has 0 radical (unpaired) electrons. The SMILES string of the molecule is CC(C)(C)CN1CCN2ON=CC2C1. The molecular formula is C10H19N3O. The van der Waals surface area contributed by atoms with Crippen LogP contribution in [-0.2, 0) is 4.94 Å². The van der Waals surface area contributed by atoms with Crippen LogP contribution in [0, 0.1) is 5.41 Å². The smallest absolute Gasteiger partial charge is 0.0996 e. The Morgan fingerprint density at radius 1 is 1.43 bits per heavy atom. The van der Waals surface area contributed by atoms with Gasteiger partial charge in [-0.05, 0) is 5.41 Å². The Balaban J connectivity index is 1.88. The highest BCUT2D eigenvalue weighted by atomic mass is 16.8. The summed E-state index contributed by atoms with van der Waals surface area (Å²) < 4.78 is 0. The monoisotopic (exact) mass is 197 g/mol. The van der Waals surface area contributed by atoms with Crippen LogP contribution in [0.3, 0.4) is 0 Å². The Morgan fingerprint density at radius 3 is 2.93 bits per heavy atom. The van der Waals surface area contributed by atoms with E-state index in [1.165, 1.54) is 0 Å². The Kier molecular flexibility index (Phi) is 2.49. The van der Waals surface area contributed by atoms with Gasteiger partial charge in [0.15, 0.2) is 0 Å². The van der Waals surface area contributed by atoms with Crippen molar-refractivity contribution >= 4 is 6.21 Å². The maximum absolute atomic E-state index is 5.11. The lowest BCUT2D eigenvalue weighted by Gasteiger charge is -2.37. The Bertz CT molecular complexity index is 234. The minimum Gasteiger partial charge on any atom is -0.299 e. The van der Waals surface area contributed by atoms with Crippen LogP contribution in [0.4, 0.5) is 0 Å². The second-order valence-electron chi connectivity index (χ2n) is 5.34. The standard InChI is InChI=1S/C10H19N3O/c1-10(2,3)8-12-4-5-13-9(7-12)6-11-14-13/h6,9H,4-5,7-8H2,1-3H3. The molecule has 2 rings (SSSR count). The van der Waals surface area contributed by atoms with E-state index in [0.717, 1.165) is 26.2 Å². The second kappa shape index (κ2) is 3.51. The molecule has 1 atom stereocenters. The fraction of sp³-hybridized carbons (Fsp3) is 0.900. The average molecular weight is 197 g/mol. The number of rotatable bonds is 1. The van der Waals surface area contributed by atoms with Gasteiger partial charge in [-0.3, -0.25) is 9.84 Å². The first kappa shape index (κ1) is 9.93. The topological polar surface area (TPSA) is 28.1 Å². The van der Waals surface area contributed by atoms with Crippen LogP contribution in [0.15, 0.2) is 5.16 Å². The zero-order valence-electron chi connectivity index (χ0n) is 9.23. The molecule has 0 spiro atoms. The summed E-state index contributed by atoms with van der Waals surface area (Å²) in [5.41, 5.74) is 0.374. The molecule has 0 aromatic carbocycles.